The third-order valence-electron chi connectivity index (χ3n) is 5.71. The molecule has 1 aromatic heterocycles. The molecule has 2 N–H and O–H groups in total. The molecule has 2 heterocycles. The summed E-state index contributed by atoms with van der Waals surface area (Å²) in [7, 11) is 0. The highest BCUT2D eigenvalue weighted by Gasteiger charge is 2.38. The summed E-state index contributed by atoms with van der Waals surface area (Å²) in [5, 5.41) is 13.1. The molecule has 0 radical (unpaired) electrons. The van der Waals surface area contributed by atoms with Gasteiger partial charge in [-0.25, -0.2) is 14.6 Å². The van der Waals surface area contributed by atoms with Gasteiger partial charge in [-0.05, 0) is 67.2 Å². The fraction of sp³-hybridized carbons (Fsp3) is 0.385. The summed E-state index contributed by atoms with van der Waals surface area (Å²) in [5.74, 6) is 0.0122. The number of carboxylic acids is 1. The summed E-state index contributed by atoms with van der Waals surface area (Å²) in [6, 6.07) is 12.3. The van der Waals surface area contributed by atoms with E-state index in [-0.39, 0.29) is 19.0 Å². The summed E-state index contributed by atoms with van der Waals surface area (Å²) in [6.45, 7) is 5.89. The van der Waals surface area contributed by atoms with E-state index in [2.05, 4.69) is 26.2 Å². The number of piperidine rings is 1. The van der Waals surface area contributed by atoms with Crippen LogP contribution in [0, 0.1) is 0 Å². The molecule has 2 atom stereocenters. The number of carbonyl (C=O) groups is 2. The number of aromatic nitrogens is 2. The van der Waals surface area contributed by atoms with Crippen LogP contribution in [-0.2, 0) is 16.1 Å². The van der Waals surface area contributed by atoms with Crippen LogP contribution in [0.1, 0.15) is 39.2 Å². The molecule has 190 valence electrons. The molecular weight excluding hydrogens is 528 g/mol. The minimum absolute atomic E-state index is 0.211. The monoisotopic (exact) mass is 556 g/mol. The molecule has 1 saturated heterocycles. The second-order valence-corrected chi connectivity index (χ2v) is 10.5. The maximum atomic E-state index is 12.6. The van der Waals surface area contributed by atoms with Crippen LogP contribution in [0.15, 0.2) is 53.1 Å². The minimum Gasteiger partial charge on any atom is -0.485 e. The number of aliphatic carboxylic acids is 1. The number of ether oxygens (including phenoxy) is 2. The average molecular weight is 557 g/mol. The van der Waals surface area contributed by atoms with Crippen molar-refractivity contribution >= 4 is 44.8 Å². The van der Waals surface area contributed by atoms with Gasteiger partial charge in [0.05, 0.1) is 16.2 Å². The highest BCUT2D eigenvalue weighted by Crippen LogP contribution is 2.33. The Hall–Kier alpha value is -3.40. The fourth-order valence-corrected chi connectivity index (χ4v) is 4.48. The SMILES string of the molecule is CC(C)(C)OC(=O)N1CC[C@H](Nc2cnc3ccc(Br)c(OCc4ccccc4)c3n2)C[C@H]1C(=O)O. The van der Waals surface area contributed by atoms with E-state index in [1.165, 1.54) is 4.90 Å². The Morgan fingerprint density at radius 2 is 1.94 bits per heavy atom. The van der Waals surface area contributed by atoms with E-state index in [0.717, 1.165) is 10.0 Å². The largest absolute Gasteiger partial charge is 0.485 e. The van der Waals surface area contributed by atoms with Crippen molar-refractivity contribution in [1.29, 1.82) is 0 Å². The standard InChI is InChI=1S/C26H29BrN4O5/c1-26(2,3)36-25(34)31-12-11-17(13-20(31)24(32)33)29-21-14-28-19-10-9-18(27)23(22(19)30-21)35-15-16-7-5-4-6-8-16/h4-10,14,17,20H,11-13,15H2,1-3H3,(H,29,30)(H,32,33)/t17-,20-/m0/s1. The molecule has 36 heavy (non-hydrogen) atoms. The van der Waals surface area contributed by atoms with Crippen molar-refractivity contribution in [2.24, 2.45) is 0 Å². The van der Waals surface area contributed by atoms with E-state index in [0.29, 0.717) is 35.6 Å². The highest BCUT2D eigenvalue weighted by atomic mass is 79.9. The van der Waals surface area contributed by atoms with Crippen molar-refractivity contribution in [1.82, 2.24) is 14.9 Å². The first kappa shape index (κ1) is 25.7. The molecule has 1 fully saturated rings. The van der Waals surface area contributed by atoms with Crippen LogP contribution in [0.2, 0.25) is 0 Å². The number of likely N-dealkylation sites (tertiary alicyclic amines) is 1. The number of benzene rings is 2. The number of rotatable bonds is 6. The lowest BCUT2D eigenvalue weighted by molar-refractivity contribution is -0.144. The number of nitrogens with zero attached hydrogens (tertiary/aromatic N) is 3. The van der Waals surface area contributed by atoms with Crippen molar-refractivity contribution in [3.63, 3.8) is 0 Å². The maximum absolute atomic E-state index is 12.6. The molecule has 4 rings (SSSR count). The van der Waals surface area contributed by atoms with Gasteiger partial charge in [-0.2, -0.15) is 0 Å². The average Bonchev–Trinajstić information content (AvgIpc) is 2.83. The Bertz CT molecular complexity index is 1250. The van der Waals surface area contributed by atoms with Gasteiger partial charge in [-0.15, -0.1) is 0 Å². The maximum Gasteiger partial charge on any atom is 0.411 e. The zero-order chi connectivity index (χ0) is 25.9. The molecule has 2 aromatic carbocycles. The van der Waals surface area contributed by atoms with Gasteiger partial charge in [0.1, 0.15) is 29.6 Å². The van der Waals surface area contributed by atoms with E-state index in [9.17, 15) is 14.7 Å². The van der Waals surface area contributed by atoms with Gasteiger partial charge < -0.3 is 19.9 Å². The molecule has 0 spiro atoms. The normalized spacial score (nSPS) is 18.1. The Morgan fingerprint density at radius 1 is 1.19 bits per heavy atom. The summed E-state index contributed by atoms with van der Waals surface area (Å²) >= 11 is 3.55. The van der Waals surface area contributed by atoms with E-state index in [1.807, 2.05) is 42.5 Å². The zero-order valence-corrected chi connectivity index (χ0v) is 22.0. The van der Waals surface area contributed by atoms with Crippen LogP contribution in [0.4, 0.5) is 10.6 Å². The van der Waals surface area contributed by atoms with Gasteiger partial charge >= 0.3 is 12.1 Å². The highest BCUT2D eigenvalue weighted by molar-refractivity contribution is 9.10. The molecule has 9 nitrogen and oxygen atoms in total. The molecular formula is C26H29BrN4O5. The first-order valence-electron chi connectivity index (χ1n) is 11.7. The molecule has 0 aliphatic carbocycles. The fourth-order valence-electron chi connectivity index (χ4n) is 4.04. The number of hydrogen-bond acceptors (Lipinski definition) is 7. The van der Waals surface area contributed by atoms with E-state index >= 15 is 0 Å². The number of amides is 1. The predicted molar refractivity (Wildman–Crippen MR) is 139 cm³/mol. The number of nitrogens with one attached hydrogen (secondary N) is 1. The Kier molecular flexibility index (Phi) is 7.63. The molecule has 0 unspecified atom stereocenters. The number of halogens is 1. The lowest BCUT2D eigenvalue weighted by Gasteiger charge is -2.38. The number of fused-ring (bicyclic) bond motifs is 1. The predicted octanol–water partition coefficient (Wildman–Crippen LogP) is 5.24. The van der Waals surface area contributed by atoms with E-state index < -0.39 is 23.7 Å². The van der Waals surface area contributed by atoms with Gasteiger partial charge in [-0.3, -0.25) is 9.88 Å². The van der Waals surface area contributed by atoms with E-state index in [1.54, 1.807) is 27.0 Å². The van der Waals surface area contributed by atoms with Crippen LogP contribution < -0.4 is 10.1 Å². The number of anilines is 1. The van der Waals surface area contributed by atoms with Crippen molar-refractivity contribution < 1.29 is 24.2 Å². The zero-order valence-electron chi connectivity index (χ0n) is 20.4. The molecule has 3 aromatic rings. The van der Waals surface area contributed by atoms with Crippen molar-refractivity contribution in [3.05, 3.63) is 58.7 Å². The third-order valence-corrected chi connectivity index (χ3v) is 6.34. The van der Waals surface area contributed by atoms with Crippen molar-refractivity contribution in [2.45, 2.75) is 57.9 Å². The molecule has 0 saturated carbocycles. The smallest absolute Gasteiger partial charge is 0.411 e. The van der Waals surface area contributed by atoms with Crippen LogP contribution in [0.3, 0.4) is 0 Å². The van der Waals surface area contributed by atoms with Crippen LogP contribution >= 0.6 is 15.9 Å². The number of hydrogen-bond donors (Lipinski definition) is 2. The van der Waals surface area contributed by atoms with Crippen molar-refractivity contribution in [2.75, 3.05) is 11.9 Å². The summed E-state index contributed by atoms with van der Waals surface area (Å²) in [5.41, 5.74) is 1.59. The summed E-state index contributed by atoms with van der Waals surface area (Å²) in [4.78, 5) is 35.0. The Balaban J connectivity index is 1.51. The molecule has 1 aliphatic heterocycles. The molecule has 0 bridgehead atoms. The van der Waals surface area contributed by atoms with E-state index in [4.69, 9.17) is 14.5 Å². The third kappa shape index (κ3) is 6.23. The van der Waals surface area contributed by atoms with Crippen LogP contribution in [0.25, 0.3) is 11.0 Å². The first-order chi connectivity index (χ1) is 17.1. The lowest BCUT2D eigenvalue weighted by Crippen LogP contribution is -2.53. The van der Waals surface area contributed by atoms with Crippen LogP contribution in [0.5, 0.6) is 5.75 Å². The molecule has 1 aliphatic rings. The van der Waals surface area contributed by atoms with Gasteiger partial charge in [-0.1, -0.05) is 30.3 Å². The molecule has 1 amide bonds. The number of carbonyl (C=O) groups excluding carboxylic acids is 1. The Morgan fingerprint density at radius 3 is 2.64 bits per heavy atom. The summed E-state index contributed by atoms with van der Waals surface area (Å²) in [6.07, 6.45) is 1.75. The topological polar surface area (TPSA) is 114 Å². The second-order valence-electron chi connectivity index (χ2n) is 9.67. The number of carboxylic acid groups (broad SMARTS) is 1. The first-order valence-corrected chi connectivity index (χ1v) is 12.5. The van der Waals surface area contributed by atoms with Crippen molar-refractivity contribution in [3.8, 4) is 5.75 Å². The van der Waals surface area contributed by atoms with Gasteiger partial charge in [0.2, 0.25) is 0 Å². The minimum atomic E-state index is -1.07. The molecule has 10 heteroatoms. The van der Waals surface area contributed by atoms with Crippen LogP contribution in [-0.4, -0.2) is 56.3 Å². The van der Waals surface area contributed by atoms with Gasteiger partial charge in [0, 0.05) is 12.6 Å². The van der Waals surface area contributed by atoms with Gasteiger partial charge in [0.15, 0.2) is 5.75 Å². The second kappa shape index (κ2) is 10.7. The lowest BCUT2D eigenvalue weighted by atomic mass is 9.97. The summed E-state index contributed by atoms with van der Waals surface area (Å²) < 4.78 is 12.3. The van der Waals surface area contributed by atoms with Gasteiger partial charge in [0.25, 0.3) is 0 Å². The Labute approximate surface area is 218 Å². The quantitative estimate of drug-likeness (QED) is 0.423.